The zero-order chi connectivity index (χ0) is 20.4. The van der Waals surface area contributed by atoms with Crippen LogP contribution in [0.15, 0.2) is 78.9 Å². The van der Waals surface area contributed by atoms with Crippen molar-refractivity contribution in [2.75, 3.05) is 0 Å². The molecule has 0 amide bonds. The molecule has 0 aromatic heterocycles. The fourth-order valence-corrected chi connectivity index (χ4v) is 8.57. The molecule has 0 atom stereocenters. The van der Waals surface area contributed by atoms with Gasteiger partial charge in [0.25, 0.3) is 5.69 Å². The summed E-state index contributed by atoms with van der Waals surface area (Å²) < 4.78 is 7.62. The number of hydrogen-bond donors (Lipinski definition) is 0. The Morgan fingerprint density at radius 3 is 1.82 bits per heavy atom. The summed E-state index contributed by atoms with van der Waals surface area (Å²) >= 11 is 2.10. The molecule has 0 fully saturated rings. The molecule has 0 saturated heterocycles. The first kappa shape index (κ1) is 20.5. The molecule has 4 nitrogen and oxygen atoms in total. The highest BCUT2D eigenvalue weighted by Crippen LogP contribution is 2.38. The Morgan fingerprint density at radius 2 is 1.39 bits per heavy atom. The first-order valence-electron chi connectivity index (χ1n) is 8.99. The third kappa shape index (κ3) is 3.98. The number of nitro groups is 1. The third-order valence-corrected chi connectivity index (χ3v) is 10.3. The number of non-ortho nitro benzene ring substituents is 1. The van der Waals surface area contributed by atoms with E-state index < -0.39 is 8.32 Å². The van der Waals surface area contributed by atoms with E-state index >= 15 is 0 Å². The van der Waals surface area contributed by atoms with Gasteiger partial charge in [-0.1, -0.05) is 81.4 Å². The van der Waals surface area contributed by atoms with Gasteiger partial charge < -0.3 is 4.43 Å². The van der Waals surface area contributed by atoms with Crippen LogP contribution in [-0.2, 0) is 0 Å². The lowest BCUT2D eigenvalue weighted by atomic mass is 10.2. The predicted octanol–water partition coefficient (Wildman–Crippen LogP) is 5.14. The Labute approximate surface area is 180 Å². The van der Waals surface area contributed by atoms with E-state index in [0.29, 0.717) is 5.75 Å². The van der Waals surface area contributed by atoms with Crippen LogP contribution in [0, 0.1) is 13.7 Å². The molecule has 0 aliphatic rings. The minimum atomic E-state index is -2.80. The Balaban J connectivity index is 2.27. The summed E-state index contributed by atoms with van der Waals surface area (Å²) in [5.74, 6) is 0.535. The summed E-state index contributed by atoms with van der Waals surface area (Å²) in [5, 5.41) is 13.4. The van der Waals surface area contributed by atoms with Crippen molar-refractivity contribution >= 4 is 47.0 Å². The van der Waals surface area contributed by atoms with Gasteiger partial charge in [-0.25, -0.2) is 0 Å². The van der Waals surface area contributed by atoms with Crippen LogP contribution in [0.3, 0.4) is 0 Å². The van der Waals surface area contributed by atoms with E-state index in [4.69, 9.17) is 4.43 Å². The van der Waals surface area contributed by atoms with Crippen molar-refractivity contribution in [3.8, 4) is 5.75 Å². The summed E-state index contributed by atoms with van der Waals surface area (Å²) in [6.07, 6.45) is 0. The van der Waals surface area contributed by atoms with E-state index in [1.807, 2.05) is 42.5 Å². The average Bonchev–Trinajstić information content (AvgIpc) is 2.66. The maximum absolute atomic E-state index is 11.4. The van der Waals surface area contributed by atoms with Crippen LogP contribution in [0.5, 0.6) is 5.75 Å². The van der Waals surface area contributed by atoms with Crippen LogP contribution in [0.25, 0.3) is 0 Å². The van der Waals surface area contributed by atoms with Crippen LogP contribution in [0.1, 0.15) is 20.8 Å². The lowest BCUT2D eigenvalue weighted by Gasteiger charge is -2.42. The number of rotatable bonds is 5. The molecule has 3 rings (SSSR count). The van der Waals surface area contributed by atoms with Crippen molar-refractivity contribution in [1.29, 1.82) is 0 Å². The van der Waals surface area contributed by atoms with Gasteiger partial charge in [-0.15, -0.1) is 0 Å². The maximum atomic E-state index is 11.4. The normalized spacial score (nSPS) is 11.9. The van der Waals surface area contributed by atoms with Crippen molar-refractivity contribution in [2.24, 2.45) is 0 Å². The van der Waals surface area contributed by atoms with Crippen LogP contribution in [0.2, 0.25) is 5.04 Å². The van der Waals surface area contributed by atoms with Gasteiger partial charge in [0.1, 0.15) is 5.75 Å². The number of hydrogen-bond acceptors (Lipinski definition) is 3. The Bertz CT molecular complexity index is 933. The molecule has 144 valence electrons. The molecule has 3 aromatic rings. The van der Waals surface area contributed by atoms with E-state index in [1.165, 1.54) is 6.07 Å². The number of nitrogens with zero attached hydrogens (tertiary/aromatic N) is 1. The quantitative estimate of drug-likeness (QED) is 0.210. The second-order valence-electron chi connectivity index (χ2n) is 7.67. The zero-order valence-electron chi connectivity index (χ0n) is 16.1. The van der Waals surface area contributed by atoms with Crippen molar-refractivity contribution in [3.05, 3.63) is 92.5 Å². The molecular weight excluding hydrogens is 481 g/mol. The van der Waals surface area contributed by atoms with Crippen molar-refractivity contribution in [3.63, 3.8) is 0 Å². The van der Waals surface area contributed by atoms with Crippen molar-refractivity contribution in [2.45, 2.75) is 25.8 Å². The van der Waals surface area contributed by atoms with Crippen molar-refractivity contribution < 1.29 is 9.35 Å². The minimum Gasteiger partial charge on any atom is -0.534 e. The van der Waals surface area contributed by atoms with Gasteiger partial charge >= 0.3 is 8.32 Å². The molecule has 0 heterocycles. The average molecular weight is 503 g/mol. The van der Waals surface area contributed by atoms with Crippen LogP contribution in [0.4, 0.5) is 5.69 Å². The predicted molar refractivity (Wildman–Crippen MR) is 124 cm³/mol. The first-order valence-corrected chi connectivity index (χ1v) is 12.0. The SMILES string of the molecule is CC(C)(C)[Si](Oc1cc(I)cc([N+](=O)[O-])c1)(c1ccccc1)c1ccccc1. The smallest absolute Gasteiger partial charge is 0.319 e. The Morgan fingerprint density at radius 1 is 0.893 bits per heavy atom. The first-order chi connectivity index (χ1) is 13.2. The summed E-state index contributed by atoms with van der Waals surface area (Å²) in [6.45, 7) is 6.55. The number of benzene rings is 3. The molecule has 0 aliphatic heterocycles. The number of nitro benzene ring substituents is 1. The molecule has 3 aromatic carbocycles. The minimum absolute atomic E-state index is 0.0415. The van der Waals surface area contributed by atoms with E-state index in [2.05, 4.69) is 67.6 Å². The summed E-state index contributed by atoms with van der Waals surface area (Å²) in [7, 11) is -2.80. The van der Waals surface area contributed by atoms with Gasteiger partial charge in [0.05, 0.1) is 11.0 Å². The molecule has 0 radical (unpaired) electrons. The second-order valence-corrected chi connectivity index (χ2v) is 13.1. The van der Waals surface area contributed by atoms with Gasteiger partial charge in [-0.05, 0) is 44.1 Å². The van der Waals surface area contributed by atoms with Crippen molar-refractivity contribution in [1.82, 2.24) is 0 Å². The Kier molecular flexibility index (Phi) is 5.90. The molecule has 0 saturated carbocycles. The van der Waals surface area contributed by atoms with Gasteiger partial charge in [-0.3, -0.25) is 10.1 Å². The summed E-state index contributed by atoms with van der Waals surface area (Å²) in [5.41, 5.74) is 0.0415. The molecule has 0 bridgehead atoms. The van der Waals surface area contributed by atoms with E-state index in [9.17, 15) is 10.1 Å². The Hall–Kier alpha value is -2.19. The summed E-state index contributed by atoms with van der Waals surface area (Å²) in [6, 6.07) is 25.4. The number of halogens is 1. The second kappa shape index (κ2) is 8.04. The highest BCUT2D eigenvalue weighted by atomic mass is 127. The fourth-order valence-electron chi connectivity index (χ4n) is 3.54. The molecule has 0 aliphatic carbocycles. The van der Waals surface area contributed by atoms with Crippen LogP contribution >= 0.6 is 22.6 Å². The largest absolute Gasteiger partial charge is 0.534 e. The lowest BCUT2D eigenvalue weighted by Crippen LogP contribution is -2.68. The molecule has 0 spiro atoms. The fraction of sp³-hybridized carbons (Fsp3) is 0.182. The van der Waals surface area contributed by atoms with Crippen LogP contribution in [-0.4, -0.2) is 13.2 Å². The molecule has 0 unspecified atom stereocenters. The topological polar surface area (TPSA) is 52.4 Å². The van der Waals surface area contributed by atoms with Gasteiger partial charge in [-0.2, -0.15) is 0 Å². The van der Waals surface area contributed by atoms with Gasteiger partial charge in [0.2, 0.25) is 0 Å². The van der Waals surface area contributed by atoms with E-state index in [0.717, 1.165) is 13.9 Å². The molecule has 6 heteroatoms. The van der Waals surface area contributed by atoms with E-state index in [-0.39, 0.29) is 15.6 Å². The monoisotopic (exact) mass is 503 g/mol. The van der Waals surface area contributed by atoms with Crippen LogP contribution < -0.4 is 14.8 Å². The standard InChI is InChI=1S/C22H22INO3Si/c1-22(2,3)28(20-10-6-4-7-11-20,21-12-8-5-9-13-21)27-19-15-17(23)14-18(16-19)24(25)26/h4-16H,1-3H3. The molecular formula is C22H22INO3Si. The molecule has 28 heavy (non-hydrogen) atoms. The lowest BCUT2D eigenvalue weighted by molar-refractivity contribution is -0.385. The third-order valence-electron chi connectivity index (χ3n) is 4.75. The highest BCUT2D eigenvalue weighted by Gasteiger charge is 2.52. The van der Waals surface area contributed by atoms with E-state index in [1.54, 1.807) is 6.07 Å². The van der Waals surface area contributed by atoms with Gasteiger partial charge in [0.15, 0.2) is 0 Å². The zero-order valence-corrected chi connectivity index (χ0v) is 19.2. The highest BCUT2D eigenvalue weighted by molar-refractivity contribution is 14.1. The van der Waals surface area contributed by atoms with Gasteiger partial charge in [0, 0.05) is 9.64 Å². The molecule has 0 N–H and O–H groups in total. The summed E-state index contributed by atoms with van der Waals surface area (Å²) in [4.78, 5) is 11.0. The maximum Gasteiger partial charge on any atom is 0.319 e.